The molecule has 0 aromatic carbocycles. The molecule has 5 aliphatic rings. The van der Waals surface area contributed by atoms with Crippen molar-refractivity contribution in [1.29, 1.82) is 0 Å². The number of morpholine rings is 1. The molecule has 184 valence electrons. The molecule has 4 N–H and O–H groups in total. The van der Waals surface area contributed by atoms with Gasteiger partial charge < -0.3 is 10.5 Å². The summed E-state index contributed by atoms with van der Waals surface area (Å²) in [6.45, 7) is 8.37. The quantitative estimate of drug-likeness (QED) is 0.424. The smallest absolute Gasteiger partial charge is 0.198 e. The second-order valence-electron chi connectivity index (χ2n) is 11.2. The first-order valence-electron chi connectivity index (χ1n) is 12.8. The molecule has 1 aromatic rings. The number of hydrogen-bond acceptors (Lipinski definition) is 7. The van der Waals surface area contributed by atoms with Crippen LogP contribution in [0.3, 0.4) is 0 Å². The number of anilines is 1. The molecule has 9 heteroatoms. The van der Waals surface area contributed by atoms with Crippen LogP contribution < -0.4 is 16.6 Å². The van der Waals surface area contributed by atoms with Gasteiger partial charge in [-0.15, -0.1) is 0 Å². The van der Waals surface area contributed by atoms with Gasteiger partial charge in [-0.1, -0.05) is 31.3 Å². The molecule has 34 heavy (non-hydrogen) atoms. The number of nitrogens with two attached hydrogens (primary N) is 1. The van der Waals surface area contributed by atoms with Crippen molar-refractivity contribution in [3.63, 3.8) is 0 Å². The number of aromatic nitrogens is 1. The van der Waals surface area contributed by atoms with Gasteiger partial charge >= 0.3 is 0 Å². The summed E-state index contributed by atoms with van der Waals surface area (Å²) in [7, 11) is 0. The largest absolute Gasteiger partial charge is 0.379 e. The minimum absolute atomic E-state index is 0.167. The van der Waals surface area contributed by atoms with E-state index in [0.29, 0.717) is 5.92 Å². The molecule has 2 heterocycles. The summed E-state index contributed by atoms with van der Waals surface area (Å²) in [6, 6.07) is 0. The number of hydrogen-bond donors (Lipinski definition) is 3. The molecule has 1 aliphatic heterocycles. The lowest BCUT2D eigenvalue weighted by molar-refractivity contribution is 0.0116. The highest BCUT2D eigenvalue weighted by molar-refractivity contribution is 7.80. The van der Waals surface area contributed by atoms with Gasteiger partial charge in [-0.25, -0.2) is 9.99 Å². The fraction of sp³-hybridized carbons (Fsp3) is 0.720. The van der Waals surface area contributed by atoms with Gasteiger partial charge in [0.25, 0.3) is 0 Å². The van der Waals surface area contributed by atoms with Gasteiger partial charge in [0.2, 0.25) is 0 Å². The van der Waals surface area contributed by atoms with E-state index in [1.54, 1.807) is 5.57 Å². The predicted molar refractivity (Wildman–Crippen MR) is 142 cm³/mol. The molecule has 6 rings (SSSR count). The molecule has 1 aromatic heterocycles. The number of rotatable bonds is 3. The summed E-state index contributed by atoms with van der Waals surface area (Å²) in [5.74, 6) is 2.15. The Morgan fingerprint density at radius 2 is 2.00 bits per heavy atom. The van der Waals surface area contributed by atoms with E-state index in [2.05, 4.69) is 40.9 Å². The van der Waals surface area contributed by atoms with Gasteiger partial charge in [0.1, 0.15) is 0 Å². The Labute approximate surface area is 211 Å². The summed E-state index contributed by atoms with van der Waals surface area (Å²) in [5.41, 5.74) is 16.7. The normalized spacial score (nSPS) is 38.4. The first-order chi connectivity index (χ1) is 16.4. The minimum atomic E-state index is 0.167. The Bertz CT molecular complexity index is 1050. The summed E-state index contributed by atoms with van der Waals surface area (Å²) < 4.78 is 5.49. The maximum absolute atomic E-state index is 5.66. The van der Waals surface area contributed by atoms with Crippen LogP contribution in [-0.2, 0) is 11.2 Å². The van der Waals surface area contributed by atoms with Crippen LogP contribution >= 0.6 is 23.6 Å². The number of hydrazone groups is 1. The maximum atomic E-state index is 5.66. The third kappa shape index (κ3) is 3.62. The molecule has 0 amide bonds. The van der Waals surface area contributed by atoms with E-state index in [-0.39, 0.29) is 15.9 Å². The fourth-order valence-electron chi connectivity index (χ4n) is 7.83. The number of ether oxygens (including phenoxy) is 1. The van der Waals surface area contributed by atoms with E-state index in [9.17, 15) is 0 Å². The van der Waals surface area contributed by atoms with Crippen molar-refractivity contribution in [2.75, 3.05) is 31.7 Å². The highest BCUT2D eigenvalue weighted by Gasteiger charge is 2.58. The predicted octanol–water partition coefficient (Wildman–Crippen LogP) is 4.17. The molecule has 0 spiro atoms. The minimum Gasteiger partial charge on any atom is -0.379 e. The molecule has 0 bridgehead atoms. The third-order valence-corrected chi connectivity index (χ3v) is 10.7. The van der Waals surface area contributed by atoms with Crippen molar-refractivity contribution in [3.05, 3.63) is 16.6 Å². The Morgan fingerprint density at radius 1 is 1.21 bits per heavy atom. The van der Waals surface area contributed by atoms with Crippen molar-refractivity contribution in [3.8, 4) is 0 Å². The fourth-order valence-corrected chi connectivity index (χ4v) is 9.09. The SMILES string of the molecule is C[C@]12CCc3nc(NN4CCOCC4)sc3C1=CC[C@@H]1[C@@H]2CC[C@]2(C)/C(=N/NC(N)=S)CC[C@@H]12. The molecule has 0 unspecified atom stereocenters. The molecule has 1 saturated heterocycles. The molecular weight excluding hydrogens is 464 g/mol. The zero-order valence-electron chi connectivity index (χ0n) is 20.2. The molecule has 4 aliphatic carbocycles. The zero-order chi connectivity index (χ0) is 23.5. The van der Waals surface area contributed by atoms with E-state index in [0.717, 1.165) is 56.1 Å². The average molecular weight is 501 g/mol. The number of nitrogens with one attached hydrogen (secondary N) is 2. The number of thiocarbonyl (C=S) groups is 1. The van der Waals surface area contributed by atoms with Gasteiger partial charge in [0.15, 0.2) is 10.2 Å². The molecule has 2 saturated carbocycles. The number of allylic oxidation sites excluding steroid dienone is 2. The zero-order valence-corrected chi connectivity index (χ0v) is 21.9. The highest BCUT2D eigenvalue weighted by atomic mass is 32.1. The number of nitrogens with zero attached hydrogens (tertiary/aromatic N) is 3. The van der Waals surface area contributed by atoms with E-state index >= 15 is 0 Å². The van der Waals surface area contributed by atoms with Crippen molar-refractivity contribution in [2.45, 2.75) is 58.8 Å². The molecule has 5 atom stereocenters. The van der Waals surface area contributed by atoms with Crippen molar-refractivity contribution < 1.29 is 4.74 Å². The number of thiazole rings is 1. The molecule has 7 nitrogen and oxygen atoms in total. The second-order valence-corrected chi connectivity index (χ2v) is 12.6. The summed E-state index contributed by atoms with van der Waals surface area (Å²) >= 11 is 6.86. The van der Waals surface area contributed by atoms with E-state index in [1.807, 2.05) is 11.3 Å². The lowest BCUT2D eigenvalue weighted by atomic mass is 9.48. The summed E-state index contributed by atoms with van der Waals surface area (Å²) in [6.07, 6.45) is 10.8. The molecular formula is C25H36N6OS2. The van der Waals surface area contributed by atoms with E-state index in [4.69, 9.17) is 27.7 Å². The first kappa shape index (κ1) is 22.9. The standard InChI is InChI=1S/C25H36N6OS2/c1-24-10-8-19-21(34-23(27-19)30-31-11-13-32-14-12-31)18(24)4-3-15-16-5-6-20(28-29-22(26)33)25(16,2)9-7-17(15)24/h4,15-17H,3,5-14H2,1-2H3,(H,27,30)(H3,26,29,33)/b28-20+/t15-,16-,17-,24+,25-/m0/s1. The Hall–Kier alpha value is -1.55. The monoisotopic (exact) mass is 500 g/mol. The maximum Gasteiger partial charge on any atom is 0.198 e. The van der Waals surface area contributed by atoms with E-state index in [1.165, 1.54) is 48.4 Å². The van der Waals surface area contributed by atoms with Crippen LogP contribution in [-0.4, -0.2) is 47.1 Å². The van der Waals surface area contributed by atoms with Gasteiger partial charge in [0.05, 0.1) is 23.8 Å². The van der Waals surface area contributed by atoms with Crippen molar-refractivity contribution >= 4 is 45.1 Å². The Balaban J connectivity index is 1.26. The number of aryl methyl sites for hydroxylation is 1. The number of hydrazine groups is 1. The van der Waals surface area contributed by atoms with Crippen LogP contribution in [0.5, 0.6) is 0 Å². The second kappa shape index (κ2) is 8.54. The van der Waals surface area contributed by atoms with Crippen LogP contribution in [0.15, 0.2) is 11.2 Å². The summed E-state index contributed by atoms with van der Waals surface area (Å²) in [4.78, 5) is 6.46. The molecule has 0 radical (unpaired) electrons. The van der Waals surface area contributed by atoms with Gasteiger partial charge in [-0.05, 0) is 85.9 Å². The van der Waals surface area contributed by atoms with Crippen LogP contribution in [0.2, 0.25) is 0 Å². The number of fused-ring (bicyclic) bond motifs is 7. The van der Waals surface area contributed by atoms with Crippen LogP contribution in [0, 0.1) is 28.6 Å². The van der Waals surface area contributed by atoms with Gasteiger partial charge in [-0.3, -0.25) is 10.9 Å². The molecule has 3 fully saturated rings. The summed E-state index contributed by atoms with van der Waals surface area (Å²) in [5, 5.41) is 8.20. The van der Waals surface area contributed by atoms with Crippen molar-refractivity contribution in [1.82, 2.24) is 15.4 Å². The lowest BCUT2D eigenvalue weighted by Crippen LogP contribution is -2.49. The Kier molecular flexibility index (Phi) is 5.75. The highest BCUT2D eigenvalue weighted by Crippen LogP contribution is 2.65. The first-order valence-corrected chi connectivity index (χ1v) is 14.0. The van der Waals surface area contributed by atoms with Crippen LogP contribution in [0.1, 0.15) is 62.9 Å². The van der Waals surface area contributed by atoms with Crippen LogP contribution in [0.4, 0.5) is 5.13 Å². The topological polar surface area (TPSA) is 87.8 Å². The van der Waals surface area contributed by atoms with Gasteiger partial charge in [-0.2, -0.15) is 5.10 Å². The van der Waals surface area contributed by atoms with E-state index < -0.39 is 0 Å². The van der Waals surface area contributed by atoms with Crippen LogP contribution in [0.25, 0.3) is 5.57 Å². The lowest BCUT2D eigenvalue weighted by Gasteiger charge is -2.56. The van der Waals surface area contributed by atoms with Crippen molar-refractivity contribution in [2.24, 2.45) is 39.4 Å². The third-order valence-electron chi connectivity index (χ3n) is 9.59. The Morgan fingerprint density at radius 3 is 2.79 bits per heavy atom. The average Bonchev–Trinajstić information content (AvgIpc) is 3.38. The van der Waals surface area contributed by atoms with Gasteiger partial charge in [0, 0.05) is 24.2 Å².